The van der Waals surface area contributed by atoms with Crippen molar-refractivity contribution in [2.75, 3.05) is 12.3 Å². The largest absolute Gasteiger partial charge is 0.399 e. The third-order valence-electron chi connectivity index (χ3n) is 2.42. The van der Waals surface area contributed by atoms with E-state index in [1.165, 1.54) is 12.1 Å². The zero-order valence-corrected chi connectivity index (χ0v) is 12.7. The van der Waals surface area contributed by atoms with E-state index in [1.807, 2.05) is 6.92 Å². The van der Waals surface area contributed by atoms with Crippen molar-refractivity contribution in [3.05, 3.63) is 22.2 Å². The molecule has 0 saturated carbocycles. The van der Waals surface area contributed by atoms with Gasteiger partial charge in [0.1, 0.15) is 4.90 Å². The number of hydrogen-bond acceptors (Lipinski definition) is 4. The fraction of sp³-hybridized carbons (Fsp3) is 0.455. The molecule has 0 aliphatic rings. The van der Waals surface area contributed by atoms with Crippen molar-refractivity contribution in [1.29, 1.82) is 0 Å². The average molecular weight is 327 g/mol. The number of anilines is 1. The van der Waals surface area contributed by atoms with Gasteiger partial charge in [-0.25, -0.2) is 13.1 Å². The number of halogens is 2. The molecule has 0 heterocycles. The highest BCUT2D eigenvalue weighted by Gasteiger charge is 2.22. The third-order valence-corrected chi connectivity index (χ3v) is 4.76. The quantitative estimate of drug-likeness (QED) is 0.697. The van der Waals surface area contributed by atoms with Gasteiger partial charge in [0.15, 0.2) is 0 Å². The lowest BCUT2D eigenvalue weighted by molar-refractivity contribution is 0.167. The van der Waals surface area contributed by atoms with Crippen LogP contribution in [0.2, 0.25) is 10.0 Å². The van der Waals surface area contributed by atoms with Crippen LogP contribution >= 0.6 is 23.2 Å². The lowest BCUT2D eigenvalue weighted by atomic mass is 10.2. The molecule has 0 aliphatic heterocycles. The Hall–Kier alpha value is -0.530. The highest BCUT2D eigenvalue weighted by Crippen LogP contribution is 2.31. The van der Waals surface area contributed by atoms with E-state index in [1.54, 1.807) is 0 Å². The molecule has 0 aromatic heterocycles. The Morgan fingerprint density at radius 3 is 2.37 bits per heavy atom. The summed E-state index contributed by atoms with van der Waals surface area (Å²) in [6.45, 7) is 1.80. The minimum atomic E-state index is -3.88. The standard InChI is InChI=1S/C11H16Cl2N2O3S/c1-2-3-8(16)6-15-19(17,18)11-9(12)4-7(14)5-10(11)13/h4-5,8,15-16H,2-3,6,14H2,1H3. The van der Waals surface area contributed by atoms with Gasteiger partial charge in [-0.1, -0.05) is 36.5 Å². The van der Waals surface area contributed by atoms with Crippen LogP contribution in [0.25, 0.3) is 0 Å². The Kier molecular flexibility index (Phi) is 5.88. The highest BCUT2D eigenvalue weighted by atomic mass is 35.5. The molecule has 5 nitrogen and oxygen atoms in total. The van der Waals surface area contributed by atoms with Crippen LogP contribution in [0.4, 0.5) is 5.69 Å². The minimum absolute atomic E-state index is 0.0533. The first-order valence-corrected chi connectivity index (χ1v) is 7.94. The molecule has 1 atom stereocenters. The average Bonchev–Trinajstić information content (AvgIpc) is 2.25. The number of rotatable bonds is 6. The van der Waals surface area contributed by atoms with Crippen molar-refractivity contribution in [1.82, 2.24) is 4.72 Å². The first-order valence-electron chi connectivity index (χ1n) is 5.70. The van der Waals surface area contributed by atoms with Crippen molar-refractivity contribution >= 4 is 38.9 Å². The van der Waals surface area contributed by atoms with Crippen LogP contribution in [0.3, 0.4) is 0 Å². The Morgan fingerprint density at radius 1 is 1.37 bits per heavy atom. The van der Waals surface area contributed by atoms with E-state index in [0.717, 1.165) is 6.42 Å². The first kappa shape index (κ1) is 16.5. The summed E-state index contributed by atoms with van der Waals surface area (Å²) in [5, 5.41) is 9.42. The fourth-order valence-electron chi connectivity index (χ4n) is 1.55. The summed E-state index contributed by atoms with van der Waals surface area (Å²) in [6, 6.07) is 2.62. The zero-order valence-electron chi connectivity index (χ0n) is 10.4. The number of sulfonamides is 1. The van der Waals surface area contributed by atoms with Crippen LogP contribution in [-0.2, 0) is 10.0 Å². The maximum Gasteiger partial charge on any atom is 0.243 e. The predicted molar refractivity (Wildman–Crippen MR) is 77.0 cm³/mol. The van der Waals surface area contributed by atoms with E-state index in [9.17, 15) is 13.5 Å². The maximum absolute atomic E-state index is 12.1. The predicted octanol–water partition coefficient (Wildman–Crippen LogP) is 2.01. The van der Waals surface area contributed by atoms with Gasteiger partial charge in [0.2, 0.25) is 10.0 Å². The normalized spacial score (nSPS) is 13.5. The summed E-state index contributed by atoms with van der Waals surface area (Å²) >= 11 is 11.7. The van der Waals surface area contributed by atoms with Gasteiger partial charge in [-0.2, -0.15) is 0 Å². The van der Waals surface area contributed by atoms with Crippen LogP contribution in [0.5, 0.6) is 0 Å². The lowest BCUT2D eigenvalue weighted by Gasteiger charge is -2.13. The van der Waals surface area contributed by atoms with Crippen LogP contribution in [0, 0.1) is 0 Å². The van der Waals surface area contributed by atoms with Gasteiger partial charge in [0, 0.05) is 12.2 Å². The van der Waals surface area contributed by atoms with Crippen molar-refractivity contribution in [3.63, 3.8) is 0 Å². The van der Waals surface area contributed by atoms with Crippen LogP contribution < -0.4 is 10.5 Å². The van der Waals surface area contributed by atoms with Crippen molar-refractivity contribution in [3.8, 4) is 0 Å². The molecule has 1 aromatic carbocycles. The number of aliphatic hydroxyl groups excluding tert-OH is 1. The maximum atomic E-state index is 12.1. The van der Waals surface area contributed by atoms with Crippen LogP contribution in [0.15, 0.2) is 17.0 Å². The van der Waals surface area contributed by atoms with Crippen LogP contribution in [0.1, 0.15) is 19.8 Å². The van der Waals surface area contributed by atoms with Crippen molar-refractivity contribution in [2.24, 2.45) is 0 Å². The lowest BCUT2D eigenvalue weighted by Crippen LogP contribution is -2.32. The summed E-state index contributed by atoms with van der Waals surface area (Å²) in [4.78, 5) is -0.228. The summed E-state index contributed by atoms with van der Waals surface area (Å²) in [6.07, 6.45) is 0.518. The molecule has 0 spiro atoms. The smallest absolute Gasteiger partial charge is 0.243 e. The molecule has 1 rings (SSSR count). The van der Waals surface area contributed by atoms with E-state index in [0.29, 0.717) is 6.42 Å². The van der Waals surface area contributed by atoms with Crippen LogP contribution in [-0.4, -0.2) is 26.2 Å². The van der Waals surface area contributed by atoms with Gasteiger partial charge in [0.25, 0.3) is 0 Å². The summed E-state index contributed by atoms with van der Waals surface area (Å²) in [5.41, 5.74) is 5.79. The van der Waals surface area contributed by atoms with Crippen molar-refractivity contribution in [2.45, 2.75) is 30.8 Å². The molecule has 0 aliphatic carbocycles. The molecule has 0 saturated heterocycles. The number of nitrogen functional groups attached to an aromatic ring is 1. The van der Waals surface area contributed by atoms with Gasteiger partial charge in [-0.15, -0.1) is 0 Å². The highest BCUT2D eigenvalue weighted by molar-refractivity contribution is 7.89. The van der Waals surface area contributed by atoms with E-state index in [4.69, 9.17) is 28.9 Å². The van der Waals surface area contributed by atoms with Crippen molar-refractivity contribution < 1.29 is 13.5 Å². The zero-order chi connectivity index (χ0) is 14.6. The number of benzene rings is 1. The molecule has 19 heavy (non-hydrogen) atoms. The number of nitrogens with one attached hydrogen (secondary N) is 1. The molecular weight excluding hydrogens is 311 g/mol. The fourth-order valence-corrected chi connectivity index (χ4v) is 3.85. The number of nitrogens with two attached hydrogens (primary N) is 1. The Bertz CT molecular complexity index is 526. The van der Waals surface area contributed by atoms with E-state index in [2.05, 4.69) is 4.72 Å². The topological polar surface area (TPSA) is 92.4 Å². The third kappa shape index (κ3) is 4.50. The summed E-state index contributed by atoms with van der Waals surface area (Å²) in [5.74, 6) is 0. The Balaban J connectivity index is 2.95. The second-order valence-electron chi connectivity index (χ2n) is 4.11. The van der Waals surface area contributed by atoms with Gasteiger partial charge < -0.3 is 10.8 Å². The molecule has 0 amide bonds. The van der Waals surface area contributed by atoms with E-state index in [-0.39, 0.29) is 27.2 Å². The molecule has 0 radical (unpaired) electrons. The SMILES string of the molecule is CCCC(O)CNS(=O)(=O)c1c(Cl)cc(N)cc1Cl. The number of aliphatic hydroxyl groups is 1. The monoisotopic (exact) mass is 326 g/mol. The molecule has 0 bridgehead atoms. The molecular formula is C11H16Cl2N2O3S. The molecule has 1 unspecified atom stereocenters. The second kappa shape index (κ2) is 6.76. The second-order valence-corrected chi connectivity index (χ2v) is 6.63. The summed E-state index contributed by atoms with van der Waals surface area (Å²) < 4.78 is 26.4. The summed E-state index contributed by atoms with van der Waals surface area (Å²) in [7, 11) is -3.88. The molecule has 8 heteroatoms. The molecule has 1 aromatic rings. The van der Waals surface area contributed by atoms with Gasteiger partial charge >= 0.3 is 0 Å². The molecule has 4 N–H and O–H groups in total. The van der Waals surface area contributed by atoms with Gasteiger partial charge in [-0.05, 0) is 18.6 Å². The Morgan fingerprint density at radius 2 is 1.89 bits per heavy atom. The number of hydrogen-bond donors (Lipinski definition) is 3. The minimum Gasteiger partial charge on any atom is -0.399 e. The van der Waals surface area contributed by atoms with Gasteiger partial charge in [0.05, 0.1) is 16.1 Å². The molecule has 108 valence electrons. The first-order chi connectivity index (χ1) is 8.77. The van der Waals surface area contributed by atoms with E-state index < -0.39 is 16.1 Å². The van der Waals surface area contributed by atoms with E-state index >= 15 is 0 Å². The molecule has 0 fully saturated rings. The Labute approximate surface area is 122 Å². The van der Waals surface area contributed by atoms with Gasteiger partial charge in [-0.3, -0.25) is 0 Å².